The molecule has 1 amide bonds. The minimum absolute atomic E-state index is 0. The molecule has 182 valence electrons. The molecule has 1 aliphatic rings. The molecule has 0 bridgehead atoms. The first-order valence-corrected chi connectivity index (χ1v) is 11.1. The van der Waals surface area contributed by atoms with Gasteiger partial charge >= 0.3 is 0 Å². The smallest absolute Gasteiger partial charge is 0.232 e. The number of halogens is 5. The second kappa shape index (κ2) is 10.2. The lowest BCUT2D eigenvalue weighted by atomic mass is 10.00. The summed E-state index contributed by atoms with van der Waals surface area (Å²) >= 11 is 7.73. The normalized spacial score (nSPS) is 16.7. The predicted octanol–water partition coefficient (Wildman–Crippen LogP) is 5.20. The zero-order chi connectivity index (χ0) is 22.6. The highest BCUT2D eigenvalue weighted by molar-refractivity contribution is 7.22. The number of thiazole rings is 1. The molecule has 3 N–H and O–H groups in total. The average Bonchev–Trinajstić information content (AvgIpc) is 3.12. The molecule has 34 heavy (non-hydrogen) atoms. The van der Waals surface area contributed by atoms with Crippen molar-refractivity contribution in [2.75, 3.05) is 30.4 Å². The molecular formula is C21H20Cl3F2N5O2S. The molecule has 2 aromatic heterocycles. The van der Waals surface area contributed by atoms with Crippen molar-refractivity contribution in [2.24, 2.45) is 5.92 Å². The van der Waals surface area contributed by atoms with Crippen LogP contribution in [-0.4, -0.2) is 52.6 Å². The Morgan fingerprint density at radius 2 is 2.15 bits per heavy atom. The molecule has 2 heterocycles. The molecule has 4 aromatic rings. The van der Waals surface area contributed by atoms with E-state index in [4.69, 9.17) is 11.6 Å². The Morgan fingerprint density at radius 3 is 2.82 bits per heavy atom. The van der Waals surface area contributed by atoms with Gasteiger partial charge < -0.3 is 15.3 Å². The summed E-state index contributed by atoms with van der Waals surface area (Å²) in [5, 5.41) is 19.8. The maximum absolute atomic E-state index is 15.3. The number of benzene rings is 2. The molecule has 7 nitrogen and oxygen atoms in total. The second-order valence-corrected chi connectivity index (χ2v) is 9.11. The van der Waals surface area contributed by atoms with E-state index in [0.717, 1.165) is 4.70 Å². The van der Waals surface area contributed by atoms with E-state index in [2.05, 4.69) is 20.5 Å². The summed E-state index contributed by atoms with van der Waals surface area (Å²) in [4.78, 5) is 18.0. The number of aromatic amines is 1. The third-order valence-electron chi connectivity index (χ3n) is 5.54. The van der Waals surface area contributed by atoms with Gasteiger partial charge in [-0.2, -0.15) is 5.10 Å². The average molecular weight is 551 g/mol. The third kappa shape index (κ3) is 4.52. The van der Waals surface area contributed by atoms with Crippen molar-refractivity contribution in [3.63, 3.8) is 0 Å². The molecule has 1 saturated carbocycles. The summed E-state index contributed by atoms with van der Waals surface area (Å²) in [5.41, 5.74) is 2.50. The van der Waals surface area contributed by atoms with Gasteiger partial charge in [-0.15, -0.1) is 24.8 Å². The summed E-state index contributed by atoms with van der Waals surface area (Å²) in [6.07, 6.45) is 0.747. The van der Waals surface area contributed by atoms with Gasteiger partial charge in [-0.25, -0.2) is 13.8 Å². The number of likely N-dealkylation sites (N-methyl/N-ethyl adjacent to an activating group) is 1. The summed E-state index contributed by atoms with van der Waals surface area (Å²) < 4.78 is 29.2. The van der Waals surface area contributed by atoms with Gasteiger partial charge in [0.2, 0.25) is 5.91 Å². The van der Waals surface area contributed by atoms with Gasteiger partial charge in [0.05, 0.1) is 39.5 Å². The number of fused-ring (bicyclic) bond motifs is 2. The summed E-state index contributed by atoms with van der Waals surface area (Å²) in [6.45, 7) is 0.0879. The Hall–Kier alpha value is -2.24. The van der Waals surface area contributed by atoms with Gasteiger partial charge in [-0.1, -0.05) is 29.0 Å². The first-order chi connectivity index (χ1) is 15.4. The largest absolute Gasteiger partial charge is 0.395 e. The lowest BCUT2D eigenvalue weighted by molar-refractivity contribution is -0.117. The fourth-order valence-electron chi connectivity index (χ4n) is 3.77. The highest BCUT2D eigenvalue weighted by Gasteiger charge is 2.43. The molecule has 0 aliphatic heterocycles. The minimum Gasteiger partial charge on any atom is -0.395 e. The van der Waals surface area contributed by atoms with Gasteiger partial charge in [0, 0.05) is 24.5 Å². The van der Waals surface area contributed by atoms with E-state index in [0.29, 0.717) is 32.7 Å². The number of carbonyl (C=O) groups excluding carboxylic acids is 1. The Balaban J connectivity index is 0.00000162. The van der Waals surface area contributed by atoms with Crippen LogP contribution in [0.25, 0.3) is 32.2 Å². The number of alkyl halides is 1. The minimum atomic E-state index is -1.08. The van der Waals surface area contributed by atoms with E-state index >= 15 is 4.39 Å². The van der Waals surface area contributed by atoms with Crippen LogP contribution in [-0.2, 0) is 4.79 Å². The fraction of sp³-hybridized carbons (Fsp3) is 0.286. The molecule has 5 rings (SSSR count). The molecule has 13 heteroatoms. The summed E-state index contributed by atoms with van der Waals surface area (Å²) in [7, 11) is 1.66. The van der Waals surface area contributed by atoms with E-state index in [1.54, 1.807) is 30.3 Å². The van der Waals surface area contributed by atoms with Crippen molar-refractivity contribution in [2.45, 2.75) is 12.6 Å². The second-order valence-electron chi connectivity index (χ2n) is 7.70. The number of aromatic nitrogens is 3. The van der Waals surface area contributed by atoms with Crippen LogP contribution in [0.1, 0.15) is 6.42 Å². The quantitative estimate of drug-likeness (QED) is 0.307. The first kappa shape index (κ1) is 26.4. The van der Waals surface area contributed by atoms with Crippen LogP contribution in [0.2, 0.25) is 5.02 Å². The maximum Gasteiger partial charge on any atom is 0.232 e. The summed E-state index contributed by atoms with van der Waals surface area (Å²) in [5.74, 6) is -1.59. The Labute approximate surface area is 214 Å². The molecular weight excluding hydrogens is 531 g/mol. The predicted molar refractivity (Wildman–Crippen MR) is 136 cm³/mol. The van der Waals surface area contributed by atoms with E-state index in [-0.39, 0.29) is 61.0 Å². The van der Waals surface area contributed by atoms with Gasteiger partial charge in [0.15, 0.2) is 10.9 Å². The number of hydrogen-bond donors (Lipinski definition) is 3. The van der Waals surface area contributed by atoms with Crippen molar-refractivity contribution >= 4 is 85.6 Å². The SMILES string of the molecule is CN(CCO)c1c(F)c(Cl)c(-c2ccc3nc(NC(=O)[C@@H]4C[C@@H]4F)sc3c2)c2cn[nH]c12.Cl.Cl. The standard InChI is InChI=1S/C21H18ClF2N5O2S.2ClH/c1-29(4-5-30)19-17(24)16(22)15(11-8-25-28-18(11)19)9-2-3-13-14(6-9)32-21(26-13)27-20(31)10-7-12(10)23;;/h2-3,6,8,10,12,30H,4-5,7H2,1H3,(H,25,28)(H,26,27,31);2*1H/t10-,12+;;/m1../s1. The van der Waals surface area contributed by atoms with E-state index in [1.807, 2.05) is 6.07 Å². The topological polar surface area (TPSA) is 94.1 Å². The van der Waals surface area contributed by atoms with Crippen molar-refractivity contribution in [1.29, 1.82) is 0 Å². The van der Waals surface area contributed by atoms with Crippen LogP contribution in [0.4, 0.5) is 19.6 Å². The Bertz CT molecular complexity index is 1370. The molecule has 1 fully saturated rings. The van der Waals surface area contributed by atoms with Crippen molar-refractivity contribution in [1.82, 2.24) is 15.2 Å². The Morgan fingerprint density at radius 1 is 1.41 bits per heavy atom. The first-order valence-electron chi connectivity index (χ1n) is 9.91. The monoisotopic (exact) mass is 549 g/mol. The lowest BCUT2D eigenvalue weighted by Gasteiger charge is -2.21. The number of hydrogen-bond acceptors (Lipinski definition) is 6. The molecule has 1 aliphatic carbocycles. The van der Waals surface area contributed by atoms with Gasteiger partial charge in [0.1, 0.15) is 11.9 Å². The number of aliphatic hydroxyl groups is 1. The van der Waals surface area contributed by atoms with Gasteiger partial charge in [-0.3, -0.25) is 9.89 Å². The number of H-pyrrole nitrogens is 1. The molecule has 2 atom stereocenters. The van der Waals surface area contributed by atoms with Gasteiger partial charge in [0.25, 0.3) is 0 Å². The lowest BCUT2D eigenvalue weighted by Crippen LogP contribution is -2.22. The zero-order valence-corrected chi connectivity index (χ0v) is 20.8. The number of nitrogens with one attached hydrogen (secondary N) is 2. The molecule has 0 saturated heterocycles. The van der Waals surface area contributed by atoms with E-state index in [1.165, 1.54) is 11.3 Å². The summed E-state index contributed by atoms with van der Waals surface area (Å²) in [6, 6.07) is 5.36. The van der Waals surface area contributed by atoms with Crippen LogP contribution in [0, 0.1) is 11.7 Å². The van der Waals surface area contributed by atoms with Crippen LogP contribution in [0.15, 0.2) is 24.4 Å². The van der Waals surface area contributed by atoms with Crippen molar-refractivity contribution < 1.29 is 18.7 Å². The van der Waals surface area contributed by atoms with Crippen LogP contribution < -0.4 is 10.2 Å². The fourth-order valence-corrected chi connectivity index (χ4v) is 4.98. The highest BCUT2D eigenvalue weighted by atomic mass is 35.5. The molecule has 0 radical (unpaired) electrons. The molecule has 0 unspecified atom stereocenters. The number of nitrogens with zero attached hydrogens (tertiary/aromatic N) is 3. The van der Waals surface area contributed by atoms with Crippen molar-refractivity contribution in [3.05, 3.63) is 35.2 Å². The van der Waals surface area contributed by atoms with Gasteiger partial charge in [-0.05, 0) is 24.1 Å². The number of rotatable bonds is 6. The number of anilines is 2. The molecule has 0 spiro atoms. The zero-order valence-electron chi connectivity index (χ0n) is 17.6. The van der Waals surface area contributed by atoms with E-state index in [9.17, 15) is 14.3 Å². The Kier molecular flexibility index (Phi) is 7.89. The van der Waals surface area contributed by atoms with Crippen LogP contribution >= 0.6 is 47.8 Å². The number of aliphatic hydroxyl groups excluding tert-OH is 1. The van der Waals surface area contributed by atoms with Crippen LogP contribution in [0.5, 0.6) is 0 Å². The van der Waals surface area contributed by atoms with Crippen molar-refractivity contribution in [3.8, 4) is 11.1 Å². The third-order valence-corrected chi connectivity index (χ3v) is 6.83. The van der Waals surface area contributed by atoms with Crippen LogP contribution in [0.3, 0.4) is 0 Å². The number of carbonyl (C=O) groups is 1. The highest BCUT2D eigenvalue weighted by Crippen LogP contribution is 2.43. The maximum atomic E-state index is 15.3. The number of amides is 1. The molecule has 2 aromatic carbocycles. The van der Waals surface area contributed by atoms with E-state index < -0.39 is 17.9 Å².